The third-order valence-corrected chi connectivity index (χ3v) is 2.98. The number of aromatic nitrogens is 2. The molecule has 2 heterocycles. The Morgan fingerprint density at radius 1 is 1.50 bits per heavy atom. The third-order valence-electron chi connectivity index (χ3n) is 1.75. The summed E-state index contributed by atoms with van der Waals surface area (Å²) in [6, 6.07) is 3.81. The van der Waals surface area contributed by atoms with Crippen LogP contribution in [0.5, 0.6) is 0 Å². The van der Waals surface area contributed by atoms with Crippen LogP contribution in [0, 0.1) is 17.5 Å². The number of H-pyrrole nitrogens is 1. The lowest BCUT2D eigenvalue weighted by atomic mass is 10.3. The molecular weight excluding hydrogens is 219 g/mol. The van der Waals surface area contributed by atoms with E-state index in [1.165, 1.54) is 11.3 Å². The Labute approximate surface area is 89.5 Å². The van der Waals surface area contributed by atoms with Crippen molar-refractivity contribution in [1.29, 1.82) is 0 Å². The lowest BCUT2D eigenvalue weighted by Crippen LogP contribution is -1.89. The van der Waals surface area contributed by atoms with Gasteiger partial charge in [-0.25, -0.2) is 9.37 Å². The zero-order valence-electron chi connectivity index (χ0n) is 7.37. The highest BCUT2D eigenvalue weighted by Gasteiger charge is 2.07. The first-order valence-corrected chi connectivity index (χ1v) is 5.21. The molecule has 0 atom stereocenters. The summed E-state index contributed by atoms with van der Waals surface area (Å²) in [4.78, 5) is 8.38. The second kappa shape index (κ2) is 3.59. The number of aryl methyl sites for hydroxylation is 1. The maximum absolute atomic E-state index is 13.3. The summed E-state index contributed by atoms with van der Waals surface area (Å²) in [5.41, 5.74) is 0.420. The van der Waals surface area contributed by atoms with E-state index in [1.807, 2.05) is 19.1 Å². The normalized spacial score (nSPS) is 10.4. The van der Waals surface area contributed by atoms with Gasteiger partial charge in [0.2, 0.25) is 0 Å². The molecular formula is C9H7FN2S2. The highest BCUT2D eigenvalue weighted by Crippen LogP contribution is 2.27. The van der Waals surface area contributed by atoms with Gasteiger partial charge in [0.05, 0.1) is 16.8 Å². The largest absolute Gasteiger partial charge is 0.327 e. The van der Waals surface area contributed by atoms with Crippen LogP contribution in [0.4, 0.5) is 4.39 Å². The molecule has 2 rings (SSSR count). The Hall–Kier alpha value is -1.07. The van der Waals surface area contributed by atoms with E-state index in [4.69, 9.17) is 12.2 Å². The van der Waals surface area contributed by atoms with Crippen LogP contribution in [0.3, 0.4) is 0 Å². The second-order valence-corrected chi connectivity index (χ2v) is 4.50. The van der Waals surface area contributed by atoms with Crippen LogP contribution in [0.25, 0.3) is 10.6 Å². The standard InChI is InChI=1S/C9H7FN2S2/c1-5-2-3-7(14-5)8-6(10)4-11-9(13)12-8/h2-4H,1H3,(H,11,12,13). The van der Waals surface area contributed by atoms with Crippen molar-refractivity contribution >= 4 is 23.6 Å². The molecule has 2 aromatic rings. The molecule has 2 nitrogen and oxygen atoms in total. The molecule has 2 aromatic heterocycles. The Kier molecular flexibility index (Phi) is 2.43. The van der Waals surface area contributed by atoms with Gasteiger partial charge in [-0.2, -0.15) is 0 Å². The second-order valence-electron chi connectivity index (χ2n) is 2.82. The maximum Gasteiger partial charge on any atom is 0.197 e. The van der Waals surface area contributed by atoms with Gasteiger partial charge in [-0.05, 0) is 31.3 Å². The predicted octanol–water partition coefficient (Wildman–Crippen LogP) is 3.32. The predicted molar refractivity (Wildman–Crippen MR) is 57.4 cm³/mol. The number of hydrogen-bond donors (Lipinski definition) is 1. The third kappa shape index (κ3) is 1.73. The summed E-state index contributed by atoms with van der Waals surface area (Å²) < 4.78 is 13.6. The molecule has 0 fully saturated rings. The fourth-order valence-electron chi connectivity index (χ4n) is 1.13. The molecule has 0 bridgehead atoms. The molecule has 0 aliphatic rings. The molecule has 0 unspecified atom stereocenters. The number of rotatable bonds is 1. The maximum atomic E-state index is 13.3. The van der Waals surface area contributed by atoms with Gasteiger partial charge in [0, 0.05) is 4.88 Å². The first kappa shape index (κ1) is 9.48. The van der Waals surface area contributed by atoms with Crippen molar-refractivity contribution in [2.75, 3.05) is 0 Å². The molecule has 0 aliphatic carbocycles. The molecule has 72 valence electrons. The van der Waals surface area contributed by atoms with Crippen LogP contribution in [-0.4, -0.2) is 9.97 Å². The Morgan fingerprint density at radius 2 is 2.29 bits per heavy atom. The molecule has 1 N–H and O–H groups in total. The first-order valence-electron chi connectivity index (χ1n) is 3.98. The van der Waals surface area contributed by atoms with Crippen LogP contribution >= 0.6 is 23.6 Å². The van der Waals surface area contributed by atoms with E-state index in [-0.39, 0.29) is 5.82 Å². The van der Waals surface area contributed by atoms with E-state index in [2.05, 4.69) is 9.97 Å². The number of thiophene rings is 1. The number of aromatic amines is 1. The minimum atomic E-state index is -0.375. The Morgan fingerprint density at radius 3 is 2.93 bits per heavy atom. The number of nitrogens with zero attached hydrogens (tertiary/aromatic N) is 1. The number of nitrogens with one attached hydrogen (secondary N) is 1. The monoisotopic (exact) mass is 226 g/mol. The summed E-state index contributed by atoms with van der Waals surface area (Å²) in [7, 11) is 0. The van der Waals surface area contributed by atoms with E-state index in [1.54, 1.807) is 0 Å². The lowest BCUT2D eigenvalue weighted by molar-refractivity contribution is 0.617. The van der Waals surface area contributed by atoms with Gasteiger partial charge < -0.3 is 4.98 Å². The van der Waals surface area contributed by atoms with Gasteiger partial charge in [-0.1, -0.05) is 0 Å². The SMILES string of the molecule is Cc1ccc(-c2[nH]c(=S)ncc2F)s1. The summed E-state index contributed by atoms with van der Waals surface area (Å²) in [6.45, 7) is 1.97. The van der Waals surface area contributed by atoms with E-state index < -0.39 is 0 Å². The molecule has 0 radical (unpaired) electrons. The van der Waals surface area contributed by atoms with Crippen molar-refractivity contribution in [1.82, 2.24) is 9.97 Å². The number of hydrogen-bond acceptors (Lipinski definition) is 3. The Balaban J connectivity index is 2.61. The zero-order chi connectivity index (χ0) is 10.1. The van der Waals surface area contributed by atoms with Gasteiger partial charge >= 0.3 is 0 Å². The molecule has 0 saturated heterocycles. The minimum Gasteiger partial charge on any atom is -0.327 e. The molecule has 0 aromatic carbocycles. The van der Waals surface area contributed by atoms with Gasteiger partial charge in [0.1, 0.15) is 0 Å². The van der Waals surface area contributed by atoms with Gasteiger partial charge in [0.15, 0.2) is 10.6 Å². The van der Waals surface area contributed by atoms with Crippen LogP contribution in [0.15, 0.2) is 18.3 Å². The van der Waals surface area contributed by atoms with Crippen molar-refractivity contribution in [3.05, 3.63) is 33.8 Å². The van der Waals surface area contributed by atoms with E-state index in [0.717, 1.165) is 16.0 Å². The topological polar surface area (TPSA) is 28.7 Å². The smallest absolute Gasteiger partial charge is 0.197 e. The van der Waals surface area contributed by atoms with E-state index in [0.29, 0.717) is 10.5 Å². The van der Waals surface area contributed by atoms with Crippen molar-refractivity contribution in [2.45, 2.75) is 6.92 Å². The van der Waals surface area contributed by atoms with Crippen molar-refractivity contribution in [3.8, 4) is 10.6 Å². The highest BCUT2D eigenvalue weighted by molar-refractivity contribution is 7.71. The van der Waals surface area contributed by atoms with Crippen LogP contribution < -0.4 is 0 Å². The van der Waals surface area contributed by atoms with Crippen LogP contribution in [-0.2, 0) is 0 Å². The van der Waals surface area contributed by atoms with Crippen LogP contribution in [0.2, 0.25) is 0 Å². The highest BCUT2D eigenvalue weighted by atomic mass is 32.1. The molecule has 0 spiro atoms. The van der Waals surface area contributed by atoms with E-state index in [9.17, 15) is 4.39 Å². The molecule has 14 heavy (non-hydrogen) atoms. The first-order chi connectivity index (χ1) is 6.66. The van der Waals surface area contributed by atoms with Crippen molar-refractivity contribution < 1.29 is 4.39 Å². The zero-order valence-corrected chi connectivity index (χ0v) is 9.01. The number of halogens is 1. The van der Waals surface area contributed by atoms with Gasteiger partial charge in [0.25, 0.3) is 0 Å². The fraction of sp³-hybridized carbons (Fsp3) is 0.111. The average Bonchev–Trinajstić information content (AvgIpc) is 2.56. The molecule has 5 heteroatoms. The van der Waals surface area contributed by atoms with Crippen molar-refractivity contribution in [3.63, 3.8) is 0 Å². The quantitative estimate of drug-likeness (QED) is 0.756. The fourth-order valence-corrected chi connectivity index (χ4v) is 2.15. The minimum absolute atomic E-state index is 0.299. The summed E-state index contributed by atoms with van der Waals surface area (Å²) in [5, 5.41) is 0. The van der Waals surface area contributed by atoms with Crippen LogP contribution in [0.1, 0.15) is 4.88 Å². The van der Waals surface area contributed by atoms with E-state index >= 15 is 0 Å². The summed E-state index contributed by atoms with van der Waals surface area (Å²) >= 11 is 6.36. The summed E-state index contributed by atoms with van der Waals surface area (Å²) in [5.74, 6) is -0.375. The molecule has 0 saturated carbocycles. The Bertz CT molecular complexity index is 516. The molecule has 0 aliphatic heterocycles. The van der Waals surface area contributed by atoms with Crippen molar-refractivity contribution in [2.24, 2.45) is 0 Å². The summed E-state index contributed by atoms with van der Waals surface area (Å²) in [6.07, 6.45) is 1.14. The molecule has 0 amide bonds. The average molecular weight is 226 g/mol. The van der Waals surface area contributed by atoms with Gasteiger partial charge in [-0.15, -0.1) is 11.3 Å². The lowest BCUT2D eigenvalue weighted by Gasteiger charge is -1.98. The van der Waals surface area contributed by atoms with Gasteiger partial charge in [-0.3, -0.25) is 0 Å².